The smallest absolute Gasteiger partial charge is 0.137 e. The number of benzene rings is 2. The first-order chi connectivity index (χ1) is 13.8. The lowest BCUT2D eigenvalue weighted by molar-refractivity contribution is 0.415. The quantitative estimate of drug-likeness (QED) is 0.502. The van der Waals surface area contributed by atoms with E-state index in [0.29, 0.717) is 0 Å². The van der Waals surface area contributed by atoms with Crippen molar-refractivity contribution in [2.24, 2.45) is 0 Å². The second-order valence-corrected chi connectivity index (χ2v) is 7.08. The molecular formula is C21H20N4O2S. The number of nitrogens with zero attached hydrogens (tertiary/aromatic N) is 3. The van der Waals surface area contributed by atoms with Crippen LogP contribution in [0.15, 0.2) is 54.2 Å². The minimum absolute atomic E-state index is 0.744. The van der Waals surface area contributed by atoms with Crippen molar-refractivity contribution in [3.63, 3.8) is 0 Å². The van der Waals surface area contributed by atoms with Crippen LogP contribution in [0.5, 0.6) is 11.5 Å². The Bertz CT molecular complexity index is 1080. The Labute approximate surface area is 167 Å². The van der Waals surface area contributed by atoms with Crippen LogP contribution in [0.4, 0.5) is 5.82 Å². The van der Waals surface area contributed by atoms with Crippen LogP contribution in [0.1, 0.15) is 5.01 Å². The SMILES string of the molecule is COc1ccc(-c2csc(CCNc3ncnc4cc(OC)ccc34)n2)cc1. The van der Waals surface area contributed by atoms with Gasteiger partial charge in [-0.05, 0) is 36.4 Å². The Kier molecular flexibility index (Phi) is 5.34. The Morgan fingerprint density at radius 1 is 0.964 bits per heavy atom. The Balaban J connectivity index is 1.42. The second kappa shape index (κ2) is 8.22. The molecule has 0 atom stereocenters. The van der Waals surface area contributed by atoms with Gasteiger partial charge >= 0.3 is 0 Å². The number of rotatable bonds is 7. The first-order valence-corrected chi connectivity index (χ1v) is 9.76. The Hall–Kier alpha value is -3.19. The van der Waals surface area contributed by atoms with Gasteiger partial charge in [-0.25, -0.2) is 15.0 Å². The zero-order chi connectivity index (χ0) is 19.3. The maximum Gasteiger partial charge on any atom is 0.137 e. The van der Waals surface area contributed by atoms with E-state index in [0.717, 1.165) is 57.5 Å². The lowest BCUT2D eigenvalue weighted by Crippen LogP contribution is -2.07. The summed E-state index contributed by atoms with van der Waals surface area (Å²) < 4.78 is 10.5. The molecular weight excluding hydrogens is 372 g/mol. The predicted octanol–water partition coefficient (Wildman–Crippen LogP) is 4.43. The van der Waals surface area contributed by atoms with Gasteiger partial charge in [0.1, 0.15) is 23.6 Å². The fraction of sp³-hybridized carbons (Fsp3) is 0.190. The highest BCUT2D eigenvalue weighted by Crippen LogP contribution is 2.25. The summed E-state index contributed by atoms with van der Waals surface area (Å²) in [5.41, 5.74) is 2.93. The molecule has 0 unspecified atom stereocenters. The van der Waals surface area contributed by atoms with E-state index in [9.17, 15) is 0 Å². The molecule has 28 heavy (non-hydrogen) atoms. The van der Waals surface area contributed by atoms with Crippen molar-refractivity contribution in [3.05, 3.63) is 59.2 Å². The van der Waals surface area contributed by atoms with Gasteiger partial charge < -0.3 is 14.8 Å². The second-order valence-electron chi connectivity index (χ2n) is 6.14. The van der Waals surface area contributed by atoms with E-state index in [4.69, 9.17) is 14.5 Å². The Morgan fingerprint density at radius 3 is 2.54 bits per heavy atom. The van der Waals surface area contributed by atoms with Crippen molar-refractivity contribution < 1.29 is 9.47 Å². The molecule has 2 aromatic carbocycles. The summed E-state index contributed by atoms with van der Waals surface area (Å²) in [5.74, 6) is 2.45. The van der Waals surface area contributed by atoms with E-state index in [-0.39, 0.29) is 0 Å². The standard InChI is InChI=1S/C21H20N4O2S/c1-26-15-5-3-14(4-6-15)19-12-28-20(25-19)9-10-22-21-17-8-7-16(27-2)11-18(17)23-13-24-21/h3-8,11-13H,9-10H2,1-2H3,(H,22,23,24). The van der Waals surface area contributed by atoms with Crippen molar-refractivity contribution >= 4 is 28.1 Å². The van der Waals surface area contributed by atoms with Gasteiger partial charge in [0.25, 0.3) is 0 Å². The van der Waals surface area contributed by atoms with Gasteiger partial charge in [-0.2, -0.15) is 0 Å². The van der Waals surface area contributed by atoms with Crippen molar-refractivity contribution in [1.82, 2.24) is 15.0 Å². The summed E-state index contributed by atoms with van der Waals surface area (Å²) in [5, 5.41) is 7.54. The van der Waals surface area contributed by atoms with Gasteiger partial charge in [-0.15, -0.1) is 11.3 Å². The summed E-state index contributed by atoms with van der Waals surface area (Å²) >= 11 is 1.67. The predicted molar refractivity (Wildman–Crippen MR) is 112 cm³/mol. The third-order valence-electron chi connectivity index (χ3n) is 4.41. The summed E-state index contributed by atoms with van der Waals surface area (Å²) in [6, 6.07) is 13.7. The highest BCUT2D eigenvalue weighted by Gasteiger charge is 2.07. The van der Waals surface area contributed by atoms with E-state index < -0.39 is 0 Å². The lowest BCUT2D eigenvalue weighted by atomic mass is 10.2. The topological polar surface area (TPSA) is 69.2 Å². The van der Waals surface area contributed by atoms with E-state index in [1.807, 2.05) is 42.5 Å². The molecule has 0 amide bonds. The van der Waals surface area contributed by atoms with Crippen LogP contribution in [-0.2, 0) is 6.42 Å². The molecule has 1 N–H and O–H groups in total. The molecule has 7 heteroatoms. The normalized spacial score (nSPS) is 10.8. The molecule has 0 bridgehead atoms. The number of aromatic nitrogens is 3. The number of fused-ring (bicyclic) bond motifs is 1. The minimum Gasteiger partial charge on any atom is -0.497 e. The minimum atomic E-state index is 0.744. The van der Waals surface area contributed by atoms with Crippen LogP contribution < -0.4 is 14.8 Å². The molecule has 2 heterocycles. The van der Waals surface area contributed by atoms with Gasteiger partial charge in [0.2, 0.25) is 0 Å². The van der Waals surface area contributed by atoms with Gasteiger partial charge in [0, 0.05) is 35.4 Å². The fourth-order valence-electron chi connectivity index (χ4n) is 2.91. The average molecular weight is 392 g/mol. The third-order valence-corrected chi connectivity index (χ3v) is 5.32. The number of ether oxygens (including phenoxy) is 2. The number of thiazole rings is 1. The number of methoxy groups -OCH3 is 2. The molecule has 0 spiro atoms. The summed E-state index contributed by atoms with van der Waals surface area (Å²) in [4.78, 5) is 13.4. The van der Waals surface area contributed by atoms with Crippen molar-refractivity contribution in [3.8, 4) is 22.8 Å². The number of hydrogen-bond acceptors (Lipinski definition) is 7. The molecule has 142 valence electrons. The highest BCUT2D eigenvalue weighted by atomic mass is 32.1. The van der Waals surface area contributed by atoms with Crippen LogP contribution in [0.2, 0.25) is 0 Å². The molecule has 0 aliphatic carbocycles. The van der Waals surface area contributed by atoms with Crippen molar-refractivity contribution in [2.45, 2.75) is 6.42 Å². The van der Waals surface area contributed by atoms with Crippen LogP contribution in [0, 0.1) is 0 Å². The van der Waals surface area contributed by atoms with Gasteiger partial charge in [-0.3, -0.25) is 0 Å². The van der Waals surface area contributed by atoms with Crippen molar-refractivity contribution in [2.75, 3.05) is 26.1 Å². The van der Waals surface area contributed by atoms with E-state index in [1.165, 1.54) is 0 Å². The van der Waals surface area contributed by atoms with Gasteiger partial charge in [0.15, 0.2) is 0 Å². The Morgan fingerprint density at radius 2 is 1.75 bits per heavy atom. The molecule has 0 saturated carbocycles. The number of anilines is 1. The lowest BCUT2D eigenvalue weighted by Gasteiger charge is -2.08. The number of hydrogen-bond donors (Lipinski definition) is 1. The molecule has 0 saturated heterocycles. The molecule has 0 aliphatic rings. The zero-order valence-corrected chi connectivity index (χ0v) is 16.5. The summed E-state index contributed by atoms with van der Waals surface area (Å²) in [6.07, 6.45) is 2.39. The van der Waals surface area contributed by atoms with Crippen molar-refractivity contribution in [1.29, 1.82) is 0 Å². The van der Waals surface area contributed by atoms with Gasteiger partial charge in [-0.1, -0.05) is 0 Å². The third kappa shape index (κ3) is 3.89. The van der Waals surface area contributed by atoms with E-state index >= 15 is 0 Å². The molecule has 6 nitrogen and oxygen atoms in total. The van der Waals surface area contributed by atoms with Crippen LogP contribution in [-0.4, -0.2) is 35.7 Å². The first-order valence-electron chi connectivity index (χ1n) is 8.88. The van der Waals surface area contributed by atoms with Crippen LogP contribution in [0.25, 0.3) is 22.2 Å². The maximum atomic E-state index is 5.26. The zero-order valence-electron chi connectivity index (χ0n) is 15.7. The monoisotopic (exact) mass is 392 g/mol. The fourth-order valence-corrected chi connectivity index (χ4v) is 3.72. The molecule has 2 aromatic heterocycles. The van der Waals surface area contributed by atoms with Crippen LogP contribution in [0.3, 0.4) is 0 Å². The van der Waals surface area contributed by atoms with E-state index in [1.54, 1.807) is 31.9 Å². The van der Waals surface area contributed by atoms with Crippen LogP contribution >= 0.6 is 11.3 Å². The largest absolute Gasteiger partial charge is 0.497 e. The summed E-state index contributed by atoms with van der Waals surface area (Å²) in [6.45, 7) is 0.744. The first kappa shape index (κ1) is 18.2. The number of nitrogens with one attached hydrogen (secondary N) is 1. The van der Waals surface area contributed by atoms with Gasteiger partial charge in [0.05, 0.1) is 30.4 Å². The molecule has 0 aliphatic heterocycles. The average Bonchev–Trinajstić information content (AvgIpc) is 3.22. The molecule has 4 aromatic rings. The highest BCUT2D eigenvalue weighted by molar-refractivity contribution is 7.09. The molecule has 0 fully saturated rings. The van der Waals surface area contributed by atoms with E-state index in [2.05, 4.69) is 20.7 Å². The maximum absolute atomic E-state index is 5.26. The molecule has 0 radical (unpaired) electrons. The summed E-state index contributed by atoms with van der Waals surface area (Å²) in [7, 11) is 3.32. The molecule has 4 rings (SSSR count).